The van der Waals surface area contributed by atoms with E-state index in [0.717, 1.165) is 26.1 Å². The summed E-state index contributed by atoms with van der Waals surface area (Å²) in [6.07, 6.45) is 2.98. The van der Waals surface area contributed by atoms with E-state index in [2.05, 4.69) is 10.2 Å². The molecule has 0 bridgehead atoms. The van der Waals surface area contributed by atoms with E-state index in [4.69, 9.17) is 4.74 Å². The third-order valence-electron chi connectivity index (χ3n) is 4.89. The molecule has 0 spiro atoms. The summed E-state index contributed by atoms with van der Waals surface area (Å²) in [5.74, 6) is -1.90. The molecule has 2 unspecified atom stereocenters. The smallest absolute Gasteiger partial charge is 0.336 e. The Hall–Kier alpha value is -1.53. The van der Waals surface area contributed by atoms with E-state index in [1.807, 2.05) is 6.92 Å². The van der Waals surface area contributed by atoms with Gasteiger partial charge in [-0.1, -0.05) is 13.8 Å². The maximum Gasteiger partial charge on any atom is 0.336 e. The molecule has 0 amide bonds. The van der Waals surface area contributed by atoms with E-state index < -0.39 is 17.9 Å². The van der Waals surface area contributed by atoms with Crippen LogP contribution in [0, 0.1) is 5.92 Å². The van der Waals surface area contributed by atoms with Crippen molar-refractivity contribution in [3.05, 3.63) is 22.5 Å². The fourth-order valence-corrected chi connectivity index (χ4v) is 3.60. The average Bonchev–Trinajstić information content (AvgIpc) is 2.98. The highest BCUT2D eigenvalue weighted by Crippen LogP contribution is 2.30. The number of hydrogen-bond acceptors (Lipinski definition) is 5. The molecule has 0 aromatic carbocycles. The number of carbonyl (C=O) groups is 2. The van der Waals surface area contributed by atoms with Gasteiger partial charge in [-0.3, -0.25) is 4.90 Å². The maximum atomic E-state index is 12.7. The second kappa shape index (κ2) is 9.25. The zero-order valence-electron chi connectivity index (χ0n) is 15.4. The van der Waals surface area contributed by atoms with Gasteiger partial charge in [0.05, 0.1) is 11.1 Å². The fourth-order valence-electron chi connectivity index (χ4n) is 3.60. The quantitative estimate of drug-likeness (QED) is 0.698. The van der Waals surface area contributed by atoms with Crippen molar-refractivity contribution in [1.29, 1.82) is 0 Å². The van der Waals surface area contributed by atoms with Gasteiger partial charge in [0.15, 0.2) is 0 Å². The van der Waals surface area contributed by atoms with E-state index in [1.165, 1.54) is 12.8 Å². The SMILES string of the molecule is CCC(CN1CCCC1)OC(=O)C1=C(C)NC(C)=C(C(=O)O)C1C.Cl. The highest BCUT2D eigenvalue weighted by atomic mass is 35.5. The van der Waals surface area contributed by atoms with Crippen LogP contribution in [0.5, 0.6) is 0 Å². The molecule has 2 N–H and O–H groups in total. The molecule has 0 saturated carbocycles. The number of aliphatic carboxylic acids is 1. The van der Waals surface area contributed by atoms with Gasteiger partial charge in [-0.05, 0) is 46.2 Å². The number of carboxylic acid groups (broad SMARTS) is 1. The molecule has 0 aromatic heterocycles. The van der Waals surface area contributed by atoms with Gasteiger partial charge in [0, 0.05) is 23.9 Å². The van der Waals surface area contributed by atoms with Gasteiger partial charge in [0.25, 0.3) is 0 Å². The van der Waals surface area contributed by atoms with Crippen molar-refractivity contribution in [2.24, 2.45) is 5.92 Å². The molecular weight excluding hydrogens is 344 g/mol. The lowest BCUT2D eigenvalue weighted by molar-refractivity contribution is -0.145. The number of nitrogens with one attached hydrogen (secondary N) is 1. The Morgan fingerprint density at radius 2 is 1.80 bits per heavy atom. The van der Waals surface area contributed by atoms with Crippen LogP contribution in [0.25, 0.3) is 0 Å². The number of likely N-dealkylation sites (tertiary alicyclic amines) is 1. The van der Waals surface area contributed by atoms with Crippen molar-refractivity contribution in [2.75, 3.05) is 19.6 Å². The first kappa shape index (κ1) is 21.5. The first-order valence-corrected chi connectivity index (χ1v) is 8.70. The summed E-state index contributed by atoms with van der Waals surface area (Å²) in [6, 6.07) is 0. The standard InChI is InChI=1S/C18H28N2O4.ClH/c1-5-14(10-20-8-6-7-9-20)24-18(23)16-11(2)15(17(21)22)12(3)19-13(16)4;/h11,14,19H,5-10H2,1-4H3,(H,21,22);1H. The van der Waals surface area contributed by atoms with Crippen LogP contribution in [0.1, 0.15) is 47.0 Å². The van der Waals surface area contributed by atoms with E-state index >= 15 is 0 Å². The van der Waals surface area contributed by atoms with E-state index in [1.54, 1.807) is 20.8 Å². The average molecular weight is 373 g/mol. The van der Waals surface area contributed by atoms with Crippen molar-refractivity contribution in [2.45, 2.75) is 53.1 Å². The fraction of sp³-hybridized carbons (Fsp3) is 0.667. The largest absolute Gasteiger partial charge is 0.478 e. The summed E-state index contributed by atoms with van der Waals surface area (Å²) >= 11 is 0. The Kier molecular flexibility index (Phi) is 7.96. The second-order valence-corrected chi connectivity index (χ2v) is 6.67. The first-order chi connectivity index (χ1) is 11.3. The van der Waals surface area contributed by atoms with Crippen molar-refractivity contribution in [3.8, 4) is 0 Å². The van der Waals surface area contributed by atoms with Crippen LogP contribution >= 0.6 is 12.4 Å². The number of dihydropyridines is 1. The zero-order chi connectivity index (χ0) is 17.9. The minimum Gasteiger partial charge on any atom is -0.478 e. The number of carboxylic acids is 1. The van der Waals surface area contributed by atoms with Crippen LogP contribution in [0.3, 0.4) is 0 Å². The molecular formula is C18H29ClN2O4. The van der Waals surface area contributed by atoms with Gasteiger partial charge in [0.2, 0.25) is 0 Å². The van der Waals surface area contributed by atoms with Gasteiger partial charge < -0.3 is 15.2 Å². The lowest BCUT2D eigenvalue weighted by Crippen LogP contribution is -2.36. The van der Waals surface area contributed by atoms with Gasteiger partial charge in [0.1, 0.15) is 6.10 Å². The monoisotopic (exact) mass is 372 g/mol. The Balaban J connectivity index is 0.00000312. The highest BCUT2D eigenvalue weighted by Gasteiger charge is 2.34. The van der Waals surface area contributed by atoms with Gasteiger partial charge in [-0.15, -0.1) is 12.4 Å². The van der Waals surface area contributed by atoms with Crippen molar-refractivity contribution < 1.29 is 19.4 Å². The number of nitrogens with zero attached hydrogens (tertiary/aromatic N) is 1. The van der Waals surface area contributed by atoms with Crippen LogP contribution < -0.4 is 5.32 Å². The third kappa shape index (κ3) is 4.98. The molecule has 25 heavy (non-hydrogen) atoms. The van der Waals surface area contributed by atoms with Gasteiger partial charge >= 0.3 is 11.9 Å². The van der Waals surface area contributed by atoms with E-state index in [9.17, 15) is 14.7 Å². The molecule has 2 aliphatic rings. The molecule has 1 fully saturated rings. The van der Waals surface area contributed by atoms with E-state index in [-0.39, 0.29) is 24.1 Å². The Morgan fingerprint density at radius 3 is 2.32 bits per heavy atom. The number of allylic oxidation sites excluding steroid dienone is 2. The Labute approximate surface area is 155 Å². The van der Waals surface area contributed by atoms with Crippen LogP contribution in [-0.4, -0.2) is 47.7 Å². The molecule has 7 heteroatoms. The number of hydrogen-bond donors (Lipinski definition) is 2. The van der Waals surface area contributed by atoms with Crippen LogP contribution in [0.15, 0.2) is 22.5 Å². The predicted molar refractivity (Wildman–Crippen MR) is 98.4 cm³/mol. The normalized spacial score (nSPS) is 22.3. The summed E-state index contributed by atoms with van der Waals surface area (Å²) in [5.41, 5.74) is 1.89. The lowest BCUT2D eigenvalue weighted by atomic mass is 9.87. The number of carbonyl (C=O) groups excluding carboxylic acids is 1. The topological polar surface area (TPSA) is 78.9 Å². The number of esters is 1. The molecule has 1 saturated heterocycles. The number of ether oxygens (including phenoxy) is 1. The third-order valence-corrected chi connectivity index (χ3v) is 4.89. The van der Waals surface area contributed by atoms with Crippen LogP contribution in [0.2, 0.25) is 0 Å². The molecule has 142 valence electrons. The molecule has 2 atom stereocenters. The van der Waals surface area contributed by atoms with Crippen LogP contribution in [0.4, 0.5) is 0 Å². The summed E-state index contributed by atoms with van der Waals surface area (Å²) in [6.45, 7) is 10.1. The highest BCUT2D eigenvalue weighted by molar-refractivity contribution is 5.96. The van der Waals surface area contributed by atoms with Crippen LogP contribution in [-0.2, 0) is 14.3 Å². The maximum absolute atomic E-state index is 12.7. The Bertz CT molecular complexity index is 580. The minimum absolute atomic E-state index is 0. The second-order valence-electron chi connectivity index (χ2n) is 6.67. The molecule has 0 aromatic rings. The minimum atomic E-state index is -1.01. The summed E-state index contributed by atoms with van der Waals surface area (Å²) < 4.78 is 5.71. The molecule has 0 aliphatic carbocycles. The molecule has 2 rings (SSSR count). The summed E-state index contributed by atoms with van der Waals surface area (Å²) in [4.78, 5) is 26.5. The molecule has 2 heterocycles. The van der Waals surface area contributed by atoms with Crippen molar-refractivity contribution in [1.82, 2.24) is 10.2 Å². The summed E-state index contributed by atoms with van der Waals surface area (Å²) in [7, 11) is 0. The molecule has 0 radical (unpaired) electrons. The van der Waals surface area contributed by atoms with Crippen molar-refractivity contribution >= 4 is 24.3 Å². The van der Waals surface area contributed by atoms with Gasteiger partial charge in [-0.2, -0.15) is 0 Å². The predicted octanol–water partition coefficient (Wildman–Crippen LogP) is 2.70. The number of halogens is 1. The lowest BCUT2D eigenvalue weighted by Gasteiger charge is -2.29. The Morgan fingerprint density at radius 1 is 1.24 bits per heavy atom. The van der Waals surface area contributed by atoms with Crippen molar-refractivity contribution in [3.63, 3.8) is 0 Å². The zero-order valence-corrected chi connectivity index (χ0v) is 16.2. The molecule has 2 aliphatic heterocycles. The van der Waals surface area contributed by atoms with Gasteiger partial charge in [-0.25, -0.2) is 9.59 Å². The number of rotatable bonds is 6. The molecule has 6 nitrogen and oxygen atoms in total. The van der Waals surface area contributed by atoms with E-state index in [0.29, 0.717) is 17.0 Å². The summed E-state index contributed by atoms with van der Waals surface area (Å²) in [5, 5.41) is 12.4. The first-order valence-electron chi connectivity index (χ1n) is 8.70.